The number of nitro groups is 1. The lowest BCUT2D eigenvalue weighted by Crippen LogP contribution is -2.14. The third-order valence-corrected chi connectivity index (χ3v) is 2.72. The highest BCUT2D eigenvalue weighted by molar-refractivity contribution is 5.67. The van der Waals surface area contributed by atoms with Crippen LogP contribution in [-0.2, 0) is 6.54 Å². The smallest absolute Gasteiger partial charge is 0.343 e. The van der Waals surface area contributed by atoms with E-state index in [0.717, 1.165) is 5.56 Å². The molecule has 1 atom stereocenters. The van der Waals surface area contributed by atoms with Gasteiger partial charge in [0, 0.05) is 6.08 Å². The van der Waals surface area contributed by atoms with Crippen molar-refractivity contribution in [3.05, 3.63) is 58.0 Å². The summed E-state index contributed by atoms with van der Waals surface area (Å²) in [5.41, 5.74) is 0.974. The van der Waals surface area contributed by atoms with Crippen LogP contribution in [0.4, 0.5) is 5.82 Å². The molecule has 0 bridgehead atoms. The van der Waals surface area contributed by atoms with Crippen molar-refractivity contribution in [3.8, 4) is 0 Å². The van der Waals surface area contributed by atoms with E-state index in [9.17, 15) is 15.2 Å². The van der Waals surface area contributed by atoms with Gasteiger partial charge in [-0.1, -0.05) is 30.3 Å². The molecule has 0 radical (unpaired) electrons. The number of rotatable bonds is 5. The Bertz CT molecular complexity index is 618. The Hall–Kier alpha value is -2.47. The molecule has 20 heavy (non-hydrogen) atoms. The molecule has 1 unspecified atom stereocenters. The van der Waals surface area contributed by atoms with E-state index in [1.165, 1.54) is 10.8 Å². The average Bonchev–Trinajstić information content (AvgIpc) is 2.80. The van der Waals surface area contributed by atoms with E-state index in [0.29, 0.717) is 5.82 Å². The summed E-state index contributed by atoms with van der Waals surface area (Å²) in [6.07, 6.45) is 4.04. The van der Waals surface area contributed by atoms with Crippen molar-refractivity contribution in [2.45, 2.75) is 19.6 Å². The maximum Gasteiger partial charge on any atom is 0.343 e. The third-order valence-electron chi connectivity index (χ3n) is 2.72. The minimum Gasteiger partial charge on any atom is -0.389 e. The van der Waals surface area contributed by atoms with E-state index in [1.807, 2.05) is 36.4 Å². The highest BCUT2D eigenvalue weighted by Crippen LogP contribution is 2.17. The number of imidazole rings is 1. The lowest BCUT2D eigenvalue weighted by atomic mass is 10.2. The zero-order chi connectivity index (χ0) is 14.5. The molecule has 0 aliphatic rings. The Kier molecular flexibility index (Phi) is 4.27. The Morgan fingerprint density at radius 3 is 2.70 bits per heavy atom. The zero-order valence-corrected chi connectivity index (χ0v) is 11.0. The molecule has 0 amide bonds. The van der Waals surface area contributed by atoms with Crippen molar-refractivity contribution >= 4 is 18.0 Å². The van der Waals surface area contributed by atoms with Crippen LogP contribution >= 0.6 is 0 Å². The van der Waals surface area contributed by atoms with Crippen LogP contribution in [0.1, 0.15) is 18.3 Å². The molecule has 2 aromatic rings. The first-order valence-corrected chi connectivity index (χ1v) is 6.19. The van der Waals surface area contributed by atoms with Crippen LogP contribution in [-0.4, -0.2) is 25.7 Å². The van der Waals surface area contributed by atoms with Gasteiger partial charge < -0.3 is 15.2 Å². The van der Waals surface area contributed by atoms with Gasteiger partial charge in [0.1, 0.15) is 12.7 Å². The molecule has 6 heteroatoms. The van der Waals surface area contributed by atoms with Crippen LogP contribution in [0.5, 0.6) is 0 Å². The maximum absolute atomic E-state index is 10.9. The predicted octanol–water partition coefficient (Wildman–Crippen LogP) is 2.34. The lowest BCUT2D eigenvalue weighted by Gasteiger charge is -2.04. The highest BCUT2D eigenvalue weighted by atomic mass is 16.6. The molecule has 1 aromatic carbocycles. The fraction of sp³-hybridized carbons (Fsp3) is 0.214. The second kappa shape index (κ2) is 6.12. The molecule has 0 saturated carbocycles. The van der Waals surface area contributed by atoms with Gasteiger partial charge in [-0.3, -0.25) is 0 Å². The van der Waals surface area contributed by atoms with Gasteiger partial charge in [-0.2, -0.15) is 0 Å². The number of aromatic nitrogens is 2. The van der Waals surface area contributed by atoms with Gasteiger partial charge in [-0.15, -0.1) is 0 Å². The number of nitrogens with zero attached hydrogens (tertiary/aromatic N) is 3. The largest absolute Gasteiger partial charge is 0.389 e. The van der Waals surface area contributed by atoms with Crippen LogP contribution in [0, 0.1) is 10.1 Å². The molecule has 0 aliphatic carbocycles. The van der Waals surface area contributed by atoms with Crippen LogP contribution in [0.15, 0.2) is 36.5 Å². The van der Waals surface area contributed by atoms with E-state index >= 15 is 0 Å². The highest BCUT2D eigenvalue weighted by Gasteiger charge is 2.19. The fourth-order valence-corrected chi connectivity index (χ4v) is 1.85. The van der Waals surface area contributed by atoms with Gasteiger partial charge in [0.05, 0.1) is 6.10 Å². The second-order valence-electron chi connectivity index (χ2n) is 4.44. The number of aliphatic hydroxyl groups is 1. The van der Waals surface area contributed by atoms with E-state index in [1.54, 1.807) is 13.0 Å². The van der Waals surface area contributed by atoms with Gasteiger partial charge in [0.2, 0.25) is 5.82 Å². The van der Waals surface area contributed by atoms with Crippen LogP contribution in [0.3, 0.4) is 0 Å². The van der Waals surface area contributed by atoms with Crippen molar-refractivity contribution in [2.75, 3.05) is 0 Å². The van der Waals surface area contributed by atoms with Crippen molar-refractivity contribution in [1.29, 1.82) is 0 Å². The molecule has 1 heterocycles. The van der Waals surface area contributed by atoms with Crippen molar-refractivity contribution in [1.82, 2.24) is 9.55 Å². The molecule has 0 saturated heterocycles. The molecule has 6 nitrogen and oxygen atoms in total. The molecule has 0 fully saturated rings. The van der Waals surface area contributed by atoms with Gasteiger partial charge in [-0.05, 0) is 23.5 Å². The number of aliphatic hydroxyl groups excluding tert-OH is 1. The van der Waals surface area contributed by atoms with Gasteiger partial charge in [-0.25, -0.2) is 9.55 Å². The SMILES string of the molecule is CC(O)Cn1c([N+](=O)[O-])cnc1C=Cc1ccccc1. The molecule has 104 valence electrons. The first-order valence-electron chi connectivity index (χ1n) is 6.19. The molecular weight excluding hydrogens is 258 g/mol. The van der Waals surface area contributed by atoms with E-state index in [4.69, 9.17) is 0 Å². The van der Waals surface area contributed by atoms with Crippen LogP contribution < -0.4 is 0 Å². The molecule has 0 aliphatic heterocycles. The van der Waals surface area contributed by atoms with E-state index in [2.05, 4.69) is 4.98 Å². The summed E-state index contributed by atoms with van der Waals surface area (Å²) < 4.78 is 1.39. The van der Waals surface area contributed by atoms with Crippen molar-refractivity contribution < 1.29 is 10.0 Å². The summed E-state index contributed by atoms with van der Waals surface area (Å²) in [4.78, 5) is 14.5. The topological polar surface area (TPSA) is 81.2 Å². The van der Waals surface area contributed by atoms with Gasteiger partial charge in [0.15, 0.2) is 0 Å². The summed E-state index contributed by atoms with van der Waals surface area (Å²) >= 11 is 0. The lowest BCUT2D eigenvalue weighted by molar-refractivity contribution is -0.392. The summed E-state index contributed by atoms with van der Waals surface area (Å²) in [7, 11) is 0. The normalized spacial score (nSPS) is 12.7. The predicted molar refractivity (Wildman–Crippen MR) is 75.9 cm³/mol. The second-order valence-corrected chi connectivity index (χ2v) is 4.44. The third kappa shape index (κ3) is 3.30. The van der Waals surface area contributed by atoms with Gasteiger partial charge in [0.25, 0.3) is 0 Å². The first-order chi connectivity index (χ1) is 9.58. The minimum atomic E-state index is -0.688. The fourth-order valence-electron chi connectivity index (χ4n) is 1.85. The van der Waals surface area contributed by atoms with Crippen molar-refractivity contribution in [2.24, 2.45) is 0 Å². The summed E-state index contributed by atoms with van der Waals surface area (Å²) in [6.45, 7) is 1.71. The molecule has 1 aromatic heterocycles. The number of hydrogen-bond donors (Lipinski definition) is 1. The van der Waals surface area contributed by atoms with E-state index in [-0.39, 0.29) is 12.4 Å². The Labute approximate surface area is 116 Å². The zero-order valence-electron chi connectivity index (χ0n) is 11.0. The van der Waals surface area contributed by atoms with Crippen LogP contribution in [0.2, 0.25) is 0 Å². The van der Waals surface area contributed by atoms with Crippen molar-refractivity contribution in [3.63, 3.8) is 0 Å². The Balaban J connectivity index is 2.32. The molecule has 2 rings (SSSR count). The number of benzene rings is 1. The minimum absolute atomic E-state index is 0.126. The number of hydrogen-bond acceptors (Lipinski definition) is 4. The maximum atomic E-state index is 10.9. The van der Waals surface area contributed by atoms with Crippen LogP contribution in [0.25, 0.3) is 12.2 Å². The summed E-state index contributed by atoms with van der Waals surface area (Å²) in [6, 6.07) is 9.57. The molecule has 1 N–H and O–H groups in total. The monoisotopic (exact) mass is 273 g/mol. The van der Waals surface area contributed by atoms with E-state index < -0.39 is 11.0 Å². The molecule has 0 spiro atoms. The Morgan fingerprint density at radius 1 is 1.40 bits per heavy atom. The average molecular weight is 273 g/mol. The molecular formula is C14H15N3O3. The Morgan fingerprint density at radius 2 is 2.10 bits per heavy atom. The van der Waals surface area contributed by atoms with Gasteiger partial charge >= 0.3 is 5.82 Å². The standard InChI is InChI=1S/C14H15N3O3/c1-11(18)10-16-13(15-9-14(16)17(19)20)8-7-12-5-3-2-4-6-12/h2-9,11,18H,10H2,1H3. The summed E-state index contributed by atoms with van der Waals surface area (Å²) in [5.74, 6) is 0.320. The quantitative estimate of drug-likeness (QED) is 0.669. The first kappa shape index (κ1) is 14.0. The summed E-state index contributed by atoms with van der Waals surface area (Å²) in [5, 5.41) is 20.4.